The maximum atomic E-state index is 11.8. The van der Waals surface area contributed by atoms with E-state index in [1.165, 1.54) is 14.2 Å². The van der Waals surface area contributed by atoms with Crippen LogP contribution < -0.4 is 0 Å². The lowest BCUT2D eigenvalue weighted by atomic mass is 9.71. The predicted octanol–water partition coefficient (Wildman–Crippen LogP) is 1.08. The Bertz CT molecular complexity index is 420. The molecular weight excluding hydrogens is 220 g/mol. The number of hydrogen-bond acceptors (Lipinski definition) is 4. The molecule has 0 radical (unpaired) electrons. The van der Waals surface area contributed by atoms with E-state index in [-0.39, 0.29) is 11.8 Å². The van der Waals surface area contributed by atoms with Gasteiger partial charge >= 0.3 is 11.9 Å². The van der Waals surface area contributed by atoms with E-state index < -0.39 is 11.9 Å². The van der Waals surface area contributed by atoms with Gasteiger partial charge < -0.3 is 9.47 Å². The molecule has 0 unspecified atom stereocenters. The van der Waals surface area contributed by atoms with Crippen molar-refractivity contribution in [2.45, 2.75) is 6.42 Å². The van der Waals surface area contributed by atoms with Crippen molar-refractivity contribution in [1.29, 1.82) is 0 Å². The van der Waals surface area contributed by atoms with Crippen molar-refractivity contribution in [3.8, 4) is 0 Å². The molecule has 0 aromatic rings. The number of allylic oxidation sites excluding steroid dienone is 2. The summed E-state index contributed by atoms with van der Waals surface area (Å²) in [6, 6.07) is 0. The van der Waals surface area contributed by atoms with Crippen LogP contribution in [0.15, 0.2) is 23.3 Å². The van der Waals surface area contributed by atoms with Crippen molar-refractivity contribution in [1.82, 2.24) is 0 Å². The molecule has 1 saturated carbocycles. The van der Waals surface area contributed by atoms with Gasteiger partial charge in [-0.25, -0.2) is 9.59 Å². The second-order valence-corrected chi connectivity index (χ2v) is 4.81. The zero-order valence-corrected chi connectivity index (χ0v) is 9.80. The Morgan fingerprint density at radius 3 is 1.76 bits per heavy atom. The van der Waals surface area contributed by atoms with Crippen molar-refractivity contribution >= 4 is 11.9 Å². The molecule has 2 bridgehead atoms. The SMILES string of the molecule is COC(=O)C1=C(C(=O)OC)[C@@H]2C=C[C@H]1[C@H]1C[C@H]12. The van der Waals surface area contributed by atoms with E-state index in [0.29, 0.717) is 23.0 Å². The molecule has 0 spiro atoms. The maximum Gasteiger partial charge on any atom is 0.334 e. The first-order valence-corrected chi connectivity index (χ1v) is 5.78. The van der Waals surface area contributed by atoms with Crippen LogP contribution in [0.5, 0.6) is 0 Å². The molecule has 0 amide bonds. The van der Waals surface area contributed by atoms with Crippen LogP contribution in [0.1, 0.15) is 6.42 Å². The molecule has 1 fully saturated rings. The van der Waals surface area contributed by atoms with Crippen LogP contribution in [0, 0.1) is 23.7 Å². The van der Waals surface area contributed by atoms with E-state index in [2.05, 4.69) is 0 Å². The number of carbonyl (C=O) groups is 2. The first-order valence-electron chi connectivity index (χ1n) is 5.78. The highest BCUT2D eigenvalue weighted by Crippen LogP contribution is 2.61. The molecule has 4 nitrogen and oxygen atoms in total. The van der Waals surface area contributed by atoms with Crippen molar-refractivity contribution in [2.75, 3.05) is 14.2 Å². The number of ether oxygens (including phenoxy) is 2. The van der Waals surface area contributed by atoms with E-state index in [9.17, 15) is 9.59 Å². The zero-order chi connectivity index (χ0) is 12.2. The average Bonchev–Trinajstić information content (AvgIpc) is 3.17. The monoisotopic (exact) mass is 234 g/mol. The molecule has 4 heteroatoms. The van der Waals surface area contributed by atoms with Gasteiger partial charge in [-0.1, -0.05) is 12.2 Å². The van der Waals surface area contributed by atoms with Gasteiger partial charge in [-0.05, 0) is 18.3 Å². The van der Waals surface area contributed by atoms with Crippen molar-refractivity contribution < 1.29 is 19.1 Å². The smallest absolute Gasteiger partial charge is 0.334 e. The molecule has 17 heavy (non-hydrogen) atoms. The maximum absolute atomic E-state index is 11.8. The summed E-state index contributed by atoms with van der Waals surface area (Å²) in [6.07, 6.45) is 5.17. The van der Waals surface area contributed by atoms with Gasteiger partial charge in [-0.2, -0.15) is 0 Å². The molecule has 4 aliphatic carbocycles. The quantitative estimate of drug-likeness (QED) is 0.530. The third kappa shape index (κ3) is 1.30. The summed E-state index contributed by atoms with van der Waals surface area (Å²) in [5.74, 6) is 0.350. The Hall–Kier alpha value is -1.58. The van der Waals surface area contributed by atoms with E-state index in [1.54, 1.807) is 0 Å². The van der Waals surface area contributed by atoms with Crippen LogP contribution in [0.3, 0.4) is 0 Å². The minimum absolute atomic E-state index is 0.0477. The van der Waals surface area contributed by atoms with Gasteiger partial charge in [-0.15, -0.1) is 0 Å². The van der Waals surface area contributed by atoms with Gasteiger partial charge in [0, 0.05) is 11.8 Å². The normalized spacial score (nSPS) is 36.6. The minimum Gasteiger partial charge on any atom is -0.466 e. The van der Waals surface area contributed by atoms with E-state index in [1.807, 2.05) is 12.2 Å². The van der Waals surface area contributed by atoms with Gasteiger partial charge in [0.25, 0.3) is 0 Å². The Kier molecular flexibility index (Phi) is 2.15. The van der Waals surface area contributed by atoms with Gasteiger partial charge in [-0.3, -0.25) is 0 Å². The number of hydrogen-bond donors (Lipinski definition) is 0. The zero-order valence-electron chi connectivity index (χ0n) is 9.80. The molecule has 0 aromatic heterocycles. The third-order valence-corrected chi connectivity index (χ3v) is 4.11. The minimum atomic E-state index is -0.393. The summed E-state index contributed by atoms with van der Waals surface area (Å²) < 4.78 is 9.59. The lowest BCUT2D eigenvalue weighted by Gasteiger charge is -2.32. The fourth-order valence-electron chi connectivity index (χ4n) is 3.28. The number of carbonyl (C=O) groups excluding carboxylic acids is 2. The topological polar surface area (TPSA) is 52.6 Å². The molecule has 0 saturated heterocycles. The average molecular weight is 234 g/mol. The highest BCUT2D eigenvalue weighted by Gasteiger charge is 2.57. The van der Waals surface area contributed by atoms with Crippen molar-refractivity contribution in [3.63, 3.8) is 0 Å². The van der Waals surface area contributed by atoms with Gasteiger partial charge in [0.15, 0.2) is 0 Å². The van der Waals surface area contributed by atoms with Gasteiger partial charge in [0.05, 0.1) is 25.4 Å². The van der Waals surface area contributed by atoms with Crippen LogP contribution >= 0.6 is 0 Å². The Labute approximate surface area is 99.3 Å². The summed E-state index contributed by atoms with van der Waals surface area (Å²) in [5.41, 5.74) is 1.04. The summed E-state index contributed by atoms with van der Waals surface area (Å²) >= 11 is 0. The van der Waals surface area contributed by atoms with Crippen LogP contribution in [-0.2, 0) is 19.1 Å². The Balaban J connectivity index is 2.09. The largest absolute Gasteiger partial charge is 0.466 e. The van der Waals surface area contributed by atoms with E-state index in [0.717, 1.165) is 6.42 Å². The summed E-state index contributed by atoms with van der Waals surface area (Å²) in [7, 11) is 2.70. The molecule has 0 aliphatic heterocycles. The second-order valence-electron chi connectivity index (χ2n) is 4.81. The lowest BCUT2D eigenvalue weighted by Crippen LogP contribution is -2.33. The van der Waals surface area contributed by atoms with E-state index in [4.69, 9.17) is 9.47 Å². The molecule has 4 rings (SSSR count). The van der Waals surface area contributed by atoms with Gasteiger partial charge in [0.2, 0.25) is 0 Å². The van der Waals surface area contributed by atoms with Crippen LogP contribution in [0.25, 0.3) is 0 Å². The molecule has 0 heterocycles. The predicted molar refractivity (Wildman–Crippen MR) is 58.8 cm³/mol. The number of methoxy groups -OCH3 is 2. The van der Waals surface area contributed by atoms with Crippen LogP contribution in [0.2, 0.25) is 0 Å². The summed E-state index contributed by atoms with van der Waals surface area (Å²) in [6.45, 7) is 0. The fraction of sp³-hybridized carbons (Fsp3) is 0.538. The number of rotatable bonds is 2. The Morgan fingerprint density at radius 2 is 1.41 bits per heavy atom. The fourth-order valence-corrected chi connectivity index (χ4v) is 3.28. The van der Waals surface area contributed by atoms with E-state index >= 15 is 0 Å². The molecule has 90 valence electrons. The van der Waals surface area contributed by atoms with Crippen molar-refractivity contribution in [2.24, 2.45) is 23.7 Å². The van der Waals surface area contributed by atoms with Crippen LogP contribution in [-0.4, -0.2) is 26.2 Å². The van der Waals surface area contributed by atoms with Crippen molar-refractivity contribution in [3.05, 3.63) is 23.3 Å². The first kappa shape index (κ1) is 10.6. The van der Waals surface area contributed by atoms with Gasteiger partial charge in [0.1, 0.15) is 0 Å². The summed E-state index contributed by atoms with van der Waals surface area (Å²) in [5, 5.41) is 0. The first-order chi connectivity index (χ1) is 8.19. The van der Waals surface area contributed by atoms with Crippen LogP contribution in [0.4, 0.5) is 0 Å². The molecule has 4 aliphatic rings. The highest BCUT2D eigenvalue weighted by molar-refractivity contribution is 6.02. The standard InChI is InChI=1S/C13H14O4/c1-16-12(14)10-6-3-4-7(9-5-8(6)9)11(10)13(15)17-2/h3-4,6-9H,5H2,1-2H3/t6-,7+,8+,9-. The molecule has 0 aromatic carbocycles. The third-order valence-electron chi connectivity index (χ3n) is 4.11. The lowest BCUT2D eigenvalue weighted by molar-refractivity contribution is -0.140. The molecule has 4 atom stereocenters. The second kappa shape index (κ2) is 3.45. The highest BCUT2D eigenvalue weighted by atomic mass is 16.5. The number of esters is 2. The summed E-state index contributed by atoms with van der Waals surface area (Å²) in [4.78, 5) is 23.7. The molecule has 0 N–H and O–H groups in total. The molecular formula is C13H14O4. The Morgan fingerprint density at radius 1 is 1.00 bits per heavy atom.